The molecule has 0 atom stereocenters. The number of benzene rings is 1. The van der Waals surface area contributed by atoms with Crippen LogP contribution < -0.4 is 5.32 Å². The van der Waals surface area contributed by atoms with E-state index in [1.807, 2.05) is 6.07 Å². The van der Waals surface area contributed by atoms with Crippen LogP contribution in [0.15, 0.2) is 36.4 Å². The quantitative estimate of drug-likeness (QED) is 0.881. The van der Waals surface area contributed by atoms with Crippen molar-refractivity contribution in [2.45, 2.75) is 20.8 Å². The number of aromatic nitrogens is 1. The van der Waals surface area contributed by atoms with Gasteiger partial charge in [-0.3, -0.25) is 4.79 Å². The fourth-order valence-electron chi connectivity index (χ4n) is 2.16. The Morgan fingerprint density at radius 1 is 1.18 bits per heavy atom. The summed E-state index contributed by atoms with van der Waals surface area (Å²) >= 11 is 0. The molecule has 0 unspecified atom stereocenters. The molecule has 1 aromatic carbocycles. The van der Waals surface area contributed by atoms with Crippen LogP contribution in [0.2, 0.25) is 0 Å². The van der Waals surface area contributed by atoms with Crippen LogP contribution in [0.5, 0.6) is 0 Å². The highest BCUT2D eigenvalue weighted by Crippen LogP contribution is 2.20. The van der Waals surface area contributed by atoms with E-state index in [0.29, 0.717) is 16.8 Å². The van der Waals surface area contributed by atoms with E-state index >= 15 is 0 Å². The number of pyridine rings is 1. The molecule has 2 aromatic rings. The minimum atomic E-state index is -0.490. The number of hydrogen-bond acceptors (Lipinski definition) is 4. The van der Waals surface area contributed by atoms with E-state index in [0.717, 1.165) is 0 Å². The van der Waals surface area contributed by atoms with Crippen molar-refractivity contribution in [3.05, 3.63) is 58.8 Å². The van der Waals surface area contributed by atoms with Gasteiger partial charge in [0, 0.05) is 11.3 Å². The van der Waals surface area contributed by atoms with Crippen LogP contribution in [0.25, 0.3) is 0 Å². The van der Waals surface area contributed by atoms with E-state index in [2.05, 4.69) is 10.3 Å². The molecule has 0 spiro atoms. The van der Waals surface area contributed by atoms with E-state index < -0.39 is 5.97 Å². The van der Waals surface area contributed by atoms with Crippen LogP contribution in [-0.2, 0) is 4.74 Å². The number of aryl methyl sites for hydroxylation is 2. The van der Waals surface area contributed by atoms with Gasteiger partial charge in [0.15, 0.2) is 0 Å². The summed E-state index contributed by atoms with van der Waals surface area (Å²) in [7, 11) is 0. The lowest BCUT2D eigenvalue weighted by molar-refractivity contribution is 0.0526. The Bertz CT molecular complexity index is 697. The highest BCUT2D eigenvalue weighted by atomic mass is 16.5. The normalized spacial score (nSPS) is 10.1. The molecule has 0 fully saturated rings. The number of rotatable bonds is 4. The Labute approximate surface area is 129 Å². The van der Waals surface area contributed by atoms with Crippen molar-refractivity contribution in [3.63, 3.8) is 0 Å². The van der Waals surface area contributed by atoms with E-state index in [-0.39, 0.29) is 23.9 Å². The van der Waals surface area contributed by atoms with Crippen molar-refractivity contribution < 1.29 is 14.3 Å². The lowest BCUT2D eigenvalue weighted by atomic mass is 10.1. The van der Waals surface area contributed by atoms with E-state index in [4.69, 9.17) is 4.74 Å². The number of amides is 1. The summed E-state index contributed by atoms with van der Waals surface area (Å²) < 4.78 is 5.05. The first-order valence-electron chi connectivity index (χ1n) is 7.04. The van der Waals surface area contributed by atoms with Gasteiger partial charge in [0.25, 0.3) is 5.91 Å². The summed E-state index contributed by atoms with van der Waals surface area (Å²) in [4.78, 5) is 28.6. The number of carbonyl (C=O) groups is 2. The van der Waals surface area contributed by atoms with Crippen molar-refractivity contribution in [3.8, 4) is 0 Å². The topological polar surface area (TPSA) is 68.3 Å². The molecule has 1 aromatic heterocycles. The Morgan fingerprint density at radius 3 is 2.50 bits per heavy atom. The van der Waals surface area contributed by atoms with Crippen molar-refractivity contribution in [2.24, 2.45) is 0 Å². The highest BCUT2D eigenvalue weighted by molar-refractivity contribution is 6.07. The van der Waals surface area contributed by atoms with Crippen molar-refractivity contribution in [1.29, 1.82) is 0 Å². The number of hydrogen-bond donors (Lipinski definition) is 1. The Hall–Kier alpha value is -2.69. The summed E-state index contributed by atoms with van der Waals surface area (Å²) in [5.74, 6) is -0.579. The minimum Gasteiger partial charge on any atom is -0.462 e. The van der Waals surface area contributed by atoms with Gasteiger partial charge in [0.05, 0.1) is 6.61 Å². The molecular formula is C17H18N2O3. The molecule has 0 saturated heterocycles. The van der Waals surface area contributed by atoms with Gasteiger partial charge >= 0.3 is 5.97 Å². The lowest BCUT2D eigenvalue weighted by Crippen LogP contribution is -2.18. The van der Waals surface area contributed by atoms with Crippen molar-refractivity contribution in [1.82, 2.24) is 4.98 Å². The molecule has 1 N–H and O–H groups in total. The monoisotopic (exact) mass is 298 g/mol. The third-order valence-corrected chi connectivity index (χ3v) is 3.09. The molecule has 114 valence electrons. The standard InChI is InChI=1S/C17H18N2O3/c1-4-22-17(21)14-11(2)10-12(3)18-15(14)19-16(20)13-8-6-5-7-9-13/h5-10H,4H2,1-3H3,(H,18,19,20). The van der Waals surface area contributed by atoms with Crippen LogP contribution in [0.4, 0.5) is 5.82 Å². The number of carbonyl (C=O) groups excluding carboxylic acids is 2. The smallest absolute Gasteiger partial charge is 0.342 e. The predicted molar refractivity (Wildman–Crippen MR) is 84.1 cm³/mol. The zero-order valence-corrected chi connectivity index (χ0v) is 12.8. The first-order valence-corrected chi connectivity index (χ1v) is 7.04. The molecule has 5 heteroatoms. The summed E-state index contributed by atoms with van der Waals surface area (Å²) in [5.41, 5.74) is 2.22. The second-order valence-corrected chi connectivity index (χ2v) is 4.84. The SMILES string of the molecule is CCOC(=O)c1c(C)cc(C)nc1NC(=O)c1ccccc1. The summed E-state index contributed by atoms with van der Waals surface area (Å²) in [6, 6.07) is 10.6. The Morgan fingerprint density at radius 2 is 1.86 bits per heavy atom. The summed E-state index contributed by atoms with van der Waals surface area (Å²) in [6.07, 6.45) is 0. The van der Waals surface area contributed by atoms with Gasteiger partial charge in [-0.05, 0) is 44.5 Å². The molecule has 0 saturated carbocycles. The fraction of sp³-hybridized carbons (Fsp3) is 0.235. The average molecular weight is 298 g/mol. The molecule has 1 amide bonds. The number of ether oxygens (including phenoxy) is 1. The predicted octanol–water partition coefficient (Wildman–Crippen LogP) is 3.13. The molecule has 0 bridgehead atoms. The molecule has 0 radical (unpaired) electrons. The van der Waals surface area contributed by atoms with E-state index in [1.165, 1.54) is 0 Å². The molecular weight excluding hydrogens is 280 g/mol. The number of nitrogens with one attached hydrogen (secondary N) is 1. The van der Waals surface area contributed by atoms with Gasteiger partial charge in [0.1, 0.15) is 11.4 Å². The van der Waals surface area contributed by atoms with E-state index in [9.17, 15) is 9.59 Å². The van der Waals surface area contributed by atoms with Crippen LogP contribution >= 0.6 is 0 Å². The van der Waals surface area contributed by atoms with Crippen LogP contribution in [0.1, 0.15) is 38.9 Å². The zero-order valence-electron chi connectivity index (χ0n) is 12.8. The van der Waals surface area contributed by atoms with Crippen LogP contribution in [0, 0.1) is 13.8 Å². The van der Waals surface area contributed by atoms with Crippen molar-refractivity contribution >= 4 is 17.7 Å². The van der Waals surface area contributed by atoms with Gasteiger partial charge < -0.3 is 10.1 Å². The average Bonchev–Trinajstić information content (AvgIpc) is 2.47. The van der Waals surface area contributed by atoms with Gasteiger partial charge in [-0.25, -0.2) is 9.78 Å². The third kappa shape index (κ3) is 3.49. The van der Waals surface area contributed by atoms with Crippen molar-refractivity contribution in [2.75, 3.05) is 11.9 Å². The third-order valence-electron chi connectivity index (χ3n) is 3.09. The number of esters is 1. The molecule has 0 aliphatic heterocycles. The maximum atomic E-state index is 12.3. The molecule has 22 heavy (non-hydrogen) atoms. The second-order valence-electron chi connectivity index (χ2n) is 4.84. The second kappa shape index (κ2) is 6.85. The van der Waals surface area contributed by atoms with Gasteiger partial charge in [-0.1, -0.05) is 18.2 Å². The summed E-state index contributed by atoms with van der Waals surface area (Å²) in [5, 5.41) is 2.70. The van der Waals surface area contributed by atoms with Gasteiger partial charge in [-0.15, -0.1) is 0 Å². The summed E-state index contributed by atoms with van der Waals surface area (Å²) in [6.45, 7) is 5.59. The first-order chi connectivity index (χ1) is 10.5. The molecule has 5 nitrogen and oxygen atoms in total. The maximum Gasteiger partial charge on any atom is 0.342 e. The minimum absolute atomic E-state index is 0.227. The fourth-order valence-corrected chi connectivity index (χ4v) is 2.16. The van der Waals surface area contributed by atoms with Crippen LogP contribution in [-0.4, -0.2) is 23.5 Å². The molecule has 1 heterocycles. The van der Waals surface area contributed by atoms with E-state index in [1.54, 1.807) is 51.1 Å². The Kier molecular flexibility index (Phi) is 4.88. The zero-order chi connectivity index (χ0) is 16.1. The van der Waals surface area contributed by atoms with Crippen LogP contribution in [0.3, 0.4) is 0 Å². The number of nitrogens with zero attached hydrogens (tertiary/aromatic N) is 1. The molecule has 2 rings (SSSR count). The first kappa shape index (κ1) is 15.7. The van der Waals surface area contributed by atoms with Gasteiger partial charge in [0.2, 0.25) is 0 Å². The largest absolute Gasteiger partial charge is 0.462 e. The Balaban J connectivity index is 2.37. The lowest BCUT2D eigenvalue weighted by Gasteiger charge is -2.13. The number of anilines is 1. The maximum absolute atomic E-state index is 12.3. The van der Waals surface area contributed by atoms with Gasteiger partial charge in [-0.2, -0.15) is 0 Å². The molecule has 0 aliphatic carbocycles. The molecule has 0 aliphatic rings. The highest BCUT2D eigenvalue weighted by Gasteiger charge is 2.20.